The van der Waals surface area contributed by atoms with Crippen LogP contribution in [-0.2, 0) is 10.9 Å². The van der Waals surface area contributed by atoms with Crippen LogP contribution in [-0.4, -0.2) is 71.4 Å². The van der Waals surface area contributed by atoms with Crippen molar-refractivity contribution in [2.45, 2.75) is 32.2 Å². The Morgan fingerprint density at radius 3 is 2.16 bits per heavy atom. The number of piperazine rings is 1. The molecule has 2 fully saturated rings. The molecule has 2 aliphatic rings. The number of hydrogen-bond acceptors (Lipinski definition) is 8. The molecule has 1 aromatic carbocycles. The minimum atomic E-state index is -4.50. The van der Waals surface area contributed by atoms with Crippen LogP contribution in [0, 0.1) is 5.82 Å². The van der Waals surface area contributed by atoms with Gasteiger partial charge in [0.05, 0.1) is 22.8 Å². The van der Waals surface area contributed by atoms with Gasteiger partial charge in [-0.1, -0.05) is 11.6 Å². The Hall–Kier alpha value is -3.25. The van der Waals surface area contributed by atoms with E-state index in [1.165, 1.54) is 24.4 Å². The summed E-state index contributed by atoms with van der Waals surface area (Å²) in [6.45, 7) is 6.42. The fourth-order valence-electron chi connectivity index (χ4n) is 4.73. The normalized spacial score (nSPS) is 20.7. The second-order valence-electron chi connectivity index (χ2n) is 9.40. The van der Waals surface area contributed by atoms with Gasteiger partial charge in [-0.3, -0.25) is 0 Å². The van der Waals surface area contributed by atoms with Crippen molar-refractivity contribution in [3.8, 4) is 11.4 Å². The maximum Gasteiger partial charge on any atom is 0.419 e. The first-order chi connectivity index (χ1) is 18.1. The second-order valence-corrected chi connectivity index (χ2v) is 9.80. The fourth-order valence-corrected chi connectivity index (χ4v) is 4.91. The van der Waals surface area contributed by atoms with Crippen LogP contribution in [0.25, 0.3) is 11.4 Å². The number of rotatable bonds is 4. The quantitative estimate of drug-likeness (QED) is 0.433. The van der Waals surface area contributed by atoms with Crippen molar-refractivity contribution < 1.29 is 22.3 Å². The summed E-state index contributed by atoms with van der Waals surface area (Å²) in [6, 6.07) is 6.58. The van der Waals surface area contributed by atoms with E-state index >= 15 is 0 Å². The Bertz CT molecular complexity index is 1290. The standard InChI is InChI=1S/C25H26ClF4N7O/c1-15-13-37(14-16(2)38-15)24-33-21(17-5-6-20(27)19(26)12-17)32-23(34-24)36-10-8-35(9-11-36)22-18(25(28,29)30)4-3-7-31-22/h3-7,12,15-16H,8-11,13-14H2,1-2H3. The van der Waals surface area contributed by atoms with Gasteiger partial charge < -0.3 is 19.4 Å². The number of aromatic nitrogens is 4. The first kappa shape index (κ1) is 26.4. The van der Waals surface area contributed by atoms with E-state index in [1.807, 2.05) is 23.6 Å². The van der Waals surface area contributed by atoms with Crippen LogP contribution in [0.15, 0.2) is 36.5 Å². The largest absolute Gasteiger partial charge is 0.419 e. The number of morpholine rings is 1. The highest BCUT2D eigenvalue weighted by atomic mass is 35.5. The second kappa shape index (κ2) is 10.5. The molecule has 0 saturated carbocycles. The number of anilines is 3. The van der Waals surface area contributed by atoms with Gasteiger partial charge >= 0.3 is 6.18 Å². The van der Waals surface area contributed by atoms with Crippen LogP contribution < -0.4 is 14.7 Å². The Labute approximate surface area is 222 Å². The molecule has 5 rings (SSSR count). The van der Waals surface area contributed by atoms with Crippen molar-refractivity contribution in [1.29, 1.82) is 0 Å². The Morgan fingerprint density at radius 1 is 0.895 bits per heavy atom. The third-order valence-corrected chi connectivity index (χ3v) is 6.74. The molecular formula is C25H26ClF4N7O. The first-order valence-electron chi connectivity index (χ1n) is 12.2. The molecule has 0 radical (unpaired) electrons. The molecule has 0 aliphatic carbocycles. The Morgan fingerprint density at radius 2 is 1.53 bits per heavy atom. The lowest BCUT2D eigenvalue weighted by Gasteiger charge is -2.37. The summed E-state index contributed by atoms with van der Waals surface area (Å²) in [5.74, 6) is 0.511. The van der Waals surface area contributed by atoms with Gasteiger partial charge in [-0.25, -0.2) is 9.37 Å². The zero-order valence-corrected chi connectivity index (χ0v) is 21.5. The van der Waals surface area contributed by atoms with E-state index in [4.69, 9.17) is 21.3 Å². The summed E-state index contributed by atoms with van der Waals surface area (Å²) < 4.78 is 60.3. The minimum Gasteiger partial charge on any atom is -0.372 e. The molecule has 0 spiro atoms. The van der Waals surface area contributed by atoms with Crippen LogP contribution in [0.2, 0.25) is 5.02 Å². The summed E-state index contributed by atoms with van der Waals surface area (Å²) in [5.41, 5.74) is -0.237. The predicted octanol–water partition coefficient (Wildman–Crippen LogP) is 4.69. The molecule has 2 saturated heterocycles. The molecule has 0 bridgehead atoms. The highest BCUT2D eigenvalue weighted by Crippen LogP contribution is 2.35. The van der Waals surface area contributed by atoms with Gasteiger partial charge in [-0.15, -0.1) is 0 Å². The van der Waals surface area contributed by atoms with Crippen molar-refractivity contribution >= 4 is 29.3 Å². The third kappa shape index (κ3) is 5.60. The molecule has 13 heteroatoms. The Balaban J connectivity index is 1.45. The molecule has 0 amide bonds. The first-order valence-corrected chi connectivity index (χ1v) is 12.6. The lowest BCUT2D eigenvalue weighted by molar-refractivity contribution is -0.137. The Kier molecular flexibility index (Phi) is 7.28. The zero-order chi connectivity index (χ0) is 27.0. The number of hydrogen-bond donors (Lipinski definition) is 0. The van der Waals surface area contributed by atoms with Crippen molar-refractivity contribution in [3.63, 3.8) is 0 Å². The monoisotopic (exact) mass is 551 g/mol. The predicted molar refractivity (Wildman–Crippen MR) is 136 cm³/mol. The summed E-state index contributed by atoms with van der Waals surface area (Å²) >= 11 is 6.02. The topological polar surface area (TPSA) is 70.5 Å². The lowest BCUT2D eigenvalue weighted by Crippen LogP contribution is -2.48. The van der Waals surface area contributed by atoms with Crippen LogP contribution >= 0.6 is 11.6 Å². The number of alkyl halides is 3. The number of halogens is 5. The highest BCUT2D eigenvalue weighted by Gasteiger charge is 2.36. The smallest absolute Gasteiger partial charge is 0.372 e. The van der Waals surface area contributed by atoms with E-state index in [9.17, 15) is 17.6 Å². The van der Waals surface area contributed by atoms with E-state index in [1.54, 1.807) is 11.0 Å². The van der Waals surface area contributed by atoms with E-state index < -0.39 is 17.6 Å². The fraction of sp³-hybridized carbons (Fsp3) is 0.440. The number of benzene rings is 1. The molecule has 2 unspecified atom stereocenters. The van der Waals surface area contributed by atoms with E-state index in [0.29, 0.717) is 62.6 Å². The number of nitrogens with zero attached hydrogens (tertiary/aromatic N) is 7. The maximum atomic E-state index is 13.8. The van der Waals surface area contributed by atoms with E-state index in [-0.39, 0.29) is 23.0 Å². The summed E-state index contributed by atoms with van der Waals surface area (Å²) in [7, 11) is 0. The zero-order valence-electron chi connectivity index (χ0n) is 20.8. The van der Waals surface area contributed by atoms with Gasteiger partial charge in [0.2, 0.25) is 11.9 Å². The van der Waals surface area contributed by atoms with Crippen LogP contribution in [0.5, 0.6) is 0 Å². The summed E-state index contributed by atoms with van der Waals surface area (Å²) in [6.07, 6.45) is -3.21. The van der Waals surface area contributed by atoms with Gasteiger partial charge in [0.25, 0.3) is 0 Å². The average molecular weight is 552 g/mol. The maximum absolute atomic E-state index is 13.8. The lowest BCUT2D eigenvalue weighted by atomic mass is 10.2. The molecule has 0 N–H and O–H groups in total. The van der Waals surface area contributed by atoms with Crippen LogP contribution in [0.1, 0.15) is 19.4 Å². The number of pyridine rings is 1. The van der Waals surface area contributed by atoms with Crippen LogP contribution in [0.3, 0.4) is 0 Å². The van der Waals surface area contributed by atoms with Crippen molar-refractivity contribution in [1.82, 2.24) is 19.9 Å². The van der Waals surface area contributed by atoms with Crippen molar-refractivity contribution in [2.75, 3.05) is 54.0 Å². The molecular weight excluding hydrogens is 526 g/mol. The number of ether oxygens (including phenoxy) is 1. The van der Waals surface area contributed by atoms with Gasteiger partial charge in [-0.2, -0.15) is 28.1 Å². The van der Waals surface area contributed by atoms with Gasteiger partial charge in [0.1, 0.15) is 11.6 Å². The molecule has 2 aliphatic heterocycles. The average Bonchev–Trinajstić information content (AvgIpc) is 2.89. The van der Waals surface area contributed by atoms with Gasteiger partial charge in [0.15, 0.2) is 5.82 Å². The molecule has 2 atom stereocenters. The van der Waals surface area contributed by atoms with Gasteiger partial charge in [0, 0.05) is 51.0 Å². The highest BCUT2D eigenvalue weighted by molar-refractivity contribution is 6.31. The molecule has 202 valence electrons. The van der Waals surface area contributed by atoms with Crippen molar-refractivity contribution in [3.05, 3.63) is 52.9 Å². The van der Waals surface area contributed by atoms with Crippen molar-refractivity contribution in [2.24, 2.45) is 0 Å². The molecule has 8 nitrogen and oxygen atoms in total. The van der Waals surface area contributed by atoms with Crippen LogP contribution in [0.4, 0.5) is 35.3 Å². The third-order valence-electron chi connectivity index (χ3n) is 6.45. The molecule has 3 aromatic rings. The molecule has 38 heavy (non-hydrogen) atoms. The van der Waals surface area contributed by atoms with Gasteiger partial charge in [-0.05, 0) is 44.2 Å². The molecule has 4 heterocycles. The van der Waals surface area contributed by atoms with E-state index in [2.05, 4.69) is 15.0 Å². The molecule has 2 aromatic heterocycles. The summed E-state index contributed by atoms with van der Waals surface area (Å²) in [4.78, 5) is 23.6. The summed E-state index contributed by atoms with van der Waals surface area (Å²) in [5, 5.41) is -0.0518. The SMILES string of the molecule is CC1CN(c2nc(-c3ccc(F)c(Cl)c3)nc(N3CCN(c4ncccc4C(F)(F)F)CC3)n2)CC(C)O1. The van der Waals surface area contributed by atoms with E-state index in [0.717, 1.165) is 6.07 Å². The minimum absolute atomic E-state index is 0.0348.